The van der Waals surface area contributed by atoms with Gasteiger partial charge in [-0.1, -0.05) is 12.1 Å². The highest BCUT2D eigenvalue weighted by atomic mass is 16.5. The summed E-state index contributed by atoms with van der Waals surface area (Å²) in [6.45, 7) is 5.64. The van der Waals surface area contributed by atoms with E-state index in [1.807, 2.05) is 30.0 Å². The molecular formula is C25H31N3O5. The summed E-state index contributed by atoms with van der Waals surface area (Å²) in [7, 11) is 3.14. The number of hydrogen-bond acceptors (Lipinski definition) is 6. The number of para-hydroxylation sites is 2. The van der Waals surface area contributed by atoms with Gasteiger partial charge in [0.2, 0.25) is 11.8 Å². The third-order valence-corrected chi connectivity index (χ3v) is 6.25. The molecule has 0 N–H and O–H groups in total. The van der Waals surface area contributed by atoms with Crippen molar-refractivity contribution in [2.45, 2.75) is 13.3 Å². The molecular weight excluding hydrogens is 422 g/mol. The molecule has 2 amide bonds. The van der Waals surface area contributed by atoms with Crippen LogP contribution in [0.25, 0.3) is 0 Å². The minimum Gasteiger partial charge on any atom is -0.497 e. The monoisotopic (exact) mass is 453 g/mol. The number of rotatable bonds is 7. The zero-order valence-electron chi connectivity index (χ0n) is 19.5. The van der Waals surface area contributed by atoms with Gasteiger partial charge in [-0.25, -0.2) is 0 Å². The summed E-state index contributed by atoms with van der Waals surface area (Å²) in [6.07, 6.45) is 0.210. The second kappa shape index (κ2) is 10.0. The van der Waals surface area contributed by atoms with E-state index in [-0.39, 0.29) is 24.2 Å². The quantitative estimate of drug-likeness (QED) is 0.642. The first-order valence-electron chi connectivity index (χ1n) is 11.3. The van der Waals surface area contributed by atoms with Crippen LogP contribution < -0.4 is 24.0 Å². The average molecular weight is 454 g/mol. The lowest BCUT2D eigenvalue weighted by Crippen LogP contribution is -2.50. The van der Waals surface area contributed by atoms with E-state index in [4.69, 9.17) is 14.2 Å². The highest BCUT2D eigenvalue weighted by molar-refractivity contribution is 6.01. The van der Waals surface area contributed by atoms with Gasteiger partial charge in [0.05, 0.1) is 38.1 Å². The molecule has 0 bridgehead atoms. The van der Waals surface area contributed by atoms with Gasteiger partial charge in [-0.3, -0.25) is 9.59 Å². The molecule has 2 heterocycles. The maximum absolute atomic E-state index is 13.2. The lowest BCUT2D eigenvalue weighted by atomic mass is 10.1. The first kappa shape index (κ1) is 22.8. The minimum atomic E-state index is -0.355. The highest BCUT2D eigenvalue weighted by Crippen LogP contribution is 2.36. The summed E-state index contributed by atoms with van der Waals surface area (Å²) >= 11 is 0. The van der Waals surface area contributed by atoms with E-state index in [1.54, 1.807) is 37.3 Å². The van der Waals surface area contributed by atoms with Crippen LogP contribution in [0.2, 0.25) is 0 Å². The summed E-state index contributed by atoms with van der Waals surface area (Å²) in [5.41, 5.74) is 1.72. The van der Waals surface area contributed by atoms with Gasteiger partial charge in [-0.15, -0.1) is 0 Å². The Hall–Kier alpha value is -3.42. The van der Waals surface area contributed by atoms with Gasteiger partial charge in [0.1, 0.15) is 17.2 Å². The number of methoxy groups -OCH3 is 2. The molecule has 2 aromatic rings. The molecule has 0 spiro atoms. The molecule has 0 radical (unpaired) electrons. The zero-order valence-corrected chi connectivity index (χ0v) is 19.5. The zero-order chi connectivity index (χ0) is 23.4. The Labute approximate surface area is 194 Å². The van der Waals surface area contributed by atoms with Gasteiger partial charge in [-0.05, 0) is 31.2 Å². The highest BCUT2D eigenvalue weighted by Gasteiger charge is 2.39. The Kier molecular flexibility index (Phi) is 6.91. The normalized spacial score (nSPS) is 18.5. The maximum Gasteiger partial charge on any atom is 0.228 e. The molecule has 2 aliphatic heterocycles. The lowest BCUT2D eigenvalue weighted by molar-refractivity contribution is -0.136. The number of amides is 2. The Bertz CT molecular complexity index is 1000. The third-order valence-electron chi connectivity index (χ3n) is 6.25. The predicted molar refractivity (Wildman–Crippen MR) is 126 cm³/mol. The Morgan fingerprint density at radius 2 is 1.73 bits per heavy atom. The maximum atomic E-state index is 13.2. The Morgan fingerprint density at radius 3 is 2.42 bits per heavy atom. The van der Waals surface area contributed by atoms with Crippen molar-refractivity contribution in [2.24, 2.45) is 5.92 Å². The Morgan fingerprint density at radius 1 is 0.970 bits per heavy atom. The number of anilines is 2. The van der Waals surface area contributed by atoms with Crippen LogP contribution in [0.5, 0.6) is 17.2 Å². The molecule has 8 nitrogen and oxygen atoms in total. The second-order valence-electron chi connectivity index (χ2n) is 8.16. The van der Waals surface area contributed by atoms with E-state index < -0.39 is 0 Å². The van der Waals surface area contributed by atoms with Gasteiger partial charge in [0.15, 0.2) is 0 Å². The fourth-order valence-electron chi connectivity index (χ4n) is 4.54. The van der Waals surface area contributed by atoms with Crippen molar-refractivity contribution in [3.05, 3.63) is 42.5 Å². The van der Waals surface area contributed by atoms with Gasteiger partial charge < -0.3 is 28.9 Å². The number of benzene rings is 2. The molecule has 176 valence electrons. The summed E-state index contributed by atoms with van der Waals surface area (Å²) in [4.78, 5) is 31.8. The summed E-state index contributed by atoms with van der Waals surface area (Å²) < 4.78 is 16.5. The molecule has 1 atom stereocenters. The number of carbonyl (C=O) groups excluding carboxylic acids is 2. The Balaban J connectivity index is 1.40. The van der Waals surface area contributed by atoms with E-state index in [9.17, 15) is 9.59 Å². The van der Waals surface area contributed by atoms with Crippen molar-refractivity contribution >= 4 is 23.2 Å². The van der Waals surface area contributed by atoms with Crippen LogP contribution in [-0.4, -0.2) is 70.3 Å². The molecule has 2 saturated heterocycles. The van der Waals surface area contributed by atoms with E-state index >= 15 is 0 Å². The number of nitrogens with zero attached hydrogens (tertiary/aromatic N) is 3. The van der Waals surface area contributed by atoms with Crippen molar-refractivity contribution in [3.63, 3.8) is 0 Å². The van der Waals surface area contributed by atoms with Crippen molar-refractivity contribution in [1.82, 2.24) is 4.90 Å². The summed E-state index contributed by atoms with van der Waals surface area (Å²) in [5, 5.41) is 0. The van der Waals surface area contributed by atoms with Crippen LogP contribution in [0.4, 0.5) is 11.4 Å². The minimum absolute atomic E-state index is 0.0380. The van der Waals surface area contributed by atoms with E-state index in [1.165, 1.54) is 0 Å². The SMILES string of the molecule is CCOc1ccccc1N1CCN(C(=O)C2CC(=O)N(c3ccc(OC)cc3OC)C2)CC1. The second-order valence-corrected chi connectivity index (χ2v) is 8.16. The number of piperazine rings is 1. The van der Waals surface area contributed by atoms with Crippen LogP contribution >= 0.6 is 0 Å². The third kappa shape index (κ3) is 4.69. The number of carbonyl (C=O) groups is 2. The van der Waals surface area contributed by atoms with Crippen LogP contribution in [0.15, 0.2) is 42.5 Å². The summed E-state index contributed by atoms with van der Waals surface area (Å²) in [5.74, 6) is 1.69. The molecule has 4 rings (SSSR count). The molecule has 2 aliphatic rings. The molecule has 2 fully saturated rings. The number of ether oxygens (including phenoxy) is 3. The number of hydrogen-bond donors (Lipinski definition) is 0. The fourth-order valence-corrected chi connectivity index (χ4v) is 4.54. The van der Waals surface area contributed by atoms with Gasteiger partial charge in [0, 0.05) is 45.2 Å². The van der Waals surface area contributed by atoms with Crippen LogP contribution in [0, 0.1) is 5.92 Å². The van der Waals surface area contributed by atoms with Crippen molar-refractivity contribution in [1.29, 1.82) is 0 Å². The van der Waals surface area contributed by atoms with Crippen LogP contribution in [-0.2, 0) is 9.59 Å². The van der Waals surface area contributed by atoms with Crippen molar-refractivity contribution in [2.75, 3.05) is 63.4 Å². The average Bonchev–Trinajstić information content (AvgIpc) is 3.25. The van der Waals surface area contributed by atoms with E-state index in [2.05, 4.69) is 11.0 Å². The molecule has 0 saturated carbocycles. The smallest absolute Gasteiger partial charge is 0.228 e. The molecule has 1 unspecified atom stereocenters. The van der Waals surface area contributed by atoms with Crippen LogP contribution in [0.1, 0.15) is 13.3 Å². The van der Waals surface area contributed by atoms with Gasteiger partial charge >= 0.3 is 0 Å². The molecule has 0 aromatic heterocycles. The van der Waals surface area contributed by atoms with Gasteiger partial charge in [0.25, 0.3) is 0 Å². The summed E-state index contributed by atoms with van der Waals surface area (Å²) in [6, 6.07) is 13.3. The largest absolute Gasteiger partial charge is 0.497 e. The predicted octanol–water partition coefficient (Wildman–Crippen LogP) is 2.80. The molecule has 0 aliphatic carbocycles. The van der Waals surface area contributed by atoms with Crippen LogP contribution in [0.3, 0.4) is 0 Å². The van der Waals surface area contributed by atoms with Crippen molar-refractivity contribution < 1.29 is 23.8 Å². The lowest BCUT2D eigenvalue weighted by Gasteiger charge is -2.37. The van der Waals surface area contributed by atoms with E-state index in [0.717, 1.165) is 24.5 Å². The molecule has 8 heteroatoms. The fraction of sp³-hybridized carbons (Fsp3) is 0.440. The molecule has 2 aromatic carbocycles. The van der Waals surface area contributed by atoms with Gasteiger partial charge in [-0.2, -0.15) is 0 Å². The first-order chi connectivity index (χ1) is 16.0. The molecule has 33 heavy (non-hydrogen) atoms. The van der Waals surface area contributed by atoms with Crippen molar-refractivity contribution in [3.8, 4) is 17.2 Å². The standard InChI is InChI=1S/C25H31N3O5/c1-4-33-22-8-6-5-7-20(22)26-11-13-27(14-12-26)25(30)18-15-24(29)28(17-18)21-10-9-19(31-2)16-23(21)32-3/h5-10,16,18H,4,11-15,17H2,1-3H3. The van der Waals surface area contributed by atoms with E-state index in [0.29, 0.717) is 43.4 Å². The first-order valence-corrected chi connectivity index (χ1v) is 11.3. The topological polar surface area (TPSA) is 71.6 Å².